The molecule has 0 bridgehead atoms. The summed E-state index contributed by atoms with van der Waals surface area (Å²) in [5.41, 5.74) is -0.579. The summed E-state index contributed by atoms with van der Waals surface area (Å²) in [6, 6.07) is 3.19. The number of carboxylic acids is 1. The maximum atomic E-state index is 12.9. The number of pyridine rings is 1. The van der Waals surface area contributed by atoms with Crippen molar-refractivity contribution < 1.29 is 24.2 Å². The van der Waals surface area contributed by atoms with E-state index in [1.807, 2.05) is 11.9 Å². The third-order valence-corrected chi connectivity index (χ3v) is 4.96. The molecule has 1 aromatic rings. The zero-order valence-corrected chi connectivity index (χ0v) is 14.0. The summed E-state index contributed by atoms with van der Waals surface area (Å²) in [7, 11) is 4.83. The number of amides is 1. The van der Waals surface area contributed by atoms with E-state index in [0.29, 0.717) is 31.1 Å². The molecule has 1 aromatic heterocycles. The second-order valence-corrected chi connectivity index (χ2v) is 6.45. The molecule has 3 heterocycles. The number of carbonyl (C=O) groups is 2. The minimum atomic E-state index is -0.891. The van der Waals surface area contributed by atoms with Crippen LogP contribution in [0.25, 0.3) is 0 Å². The second-order valence-electron chi connectivity index (χ2n) is 6.45. The molecule has 130 valence electrons. The lowest BCUT2D eigenvalue weighted by atomic mass is 9.81. The fourth-order valence-corrected chi connectivity index (χ4v) is 3.80. The van der Waals surface area contributed by atoms with E-state index in [4.69, 9.17) is 9.47 Å². The highest BCUT2D eigenvalue weighted by Gasteiger charge is 2.57. The first-order valence-electron chi connectivity index (χ1n) is 7.71. The van der Waals surface area contributed by atoms with Gasteiger partial charge in [-0.15, -0.1) is 0 Å². The van der Waals surface area contributed by atoms with Crippen LogP contribution in [0, 0.1) is 11.3 Å². The molecule has 3 rings (SSSR count). The summed E-state index contributed by atoms with van der Waals surface area (Å²) >= 11 is 0. The van der Waals surface area contributed by atoms with Gasteiger partial charge >= 0.3 is 5.97 Å². The third-order valence-electron chi connectivity index (χ3n) is 4.96. The minimum absolute atomic E-state index is 0.0684. The molecule has 2 atom stereocenters. The van der Waals surface area contributed by atoms with E-state index in [2.05, 4.69) is 4.98 Å². The van der Waals surface area contributed by atoms with Crippen molar-refractivity contribution in [2.75, 3.05) is 47.4 Å². The normalized spacial score (nSPS) is 26.3. The number of rotatable bonds is 4. The van der Waals surface area contributed by atoms with Crippen LogP contribution in [0.2, 0.25) is 0 Å². The number of aliphatic carboxylic acids is 1. The van der Waals surface area contributed by atoms with Crippen molar-refractivity contribution in [1.29, 1.82) is 0 Å². The molecule has 1 N–H and O–H groups in total. The number of carboxylic acid groups (broad SMARTS) is 1. The smallest absolute Gasteiger partial charge is 0.313 e. The SMILES string of the molecule is COc1ccc(C(=O)N2C[C@H]3CN(C)C[C@@]3(C(=O)O)C2)c(OC)n1. The Labute approximate surface area is 140 Å². The molecule has 2 saturated heterocycles. The van der Waals surface area contributed by atoms with Gasteiger partial charge in [-0.2, -0.15) is 4.98 Å². The molecule has 0 aliphatic carbocycles. The average Bonchev–Trinajstić information content (AvgIpc) is 3.07. The summed E-state index contributed by atoms with van der Waals surface area (Å²) in [4.78, 5) is 32.4. The number of ether oxygens (including phenoxy) is 2. The fraction of sp³-hybridized carbons (Fsp3) is 0.562. The predicted molar refractivity (Wildman–Crippen MR) is 84.3 cm³/mol. The van der Waals surface area contributed by atoms with Crippen molar-refractivity contribution in [2.45, 2.75) is 0 Å². The molecule has 2 fully saturated rings. The summed E-state index contributed by atoms with van der Waals surface area (Å²) in [6.07, 6.45) is 0. The van der Waals surface area contributed by atoms with Gasteiger partial charge < -0.3 is 24.4 Å². The number of nitrogens with zero attached hydrogens (tertiary/aromatic N) is 3. The molecular weight excluding hydrogens is 314 g/mol. The fourth-order valence-electron chi connectivity index (χ4n) is 3.80. The first kappa shape index (κ1) is 16.5. The van der Waals surface area contributed by atoms with Gasteiger partial charge in [-0.3, -0.25) is 9.59 Å². The van der Waals surface area contributed by atoms with Crippen molar-refractivity contribution in [3.63, 3.8) is 0 Å². The lowest BCUT2D eigenvalue weighted by Crippen LogP contribution is -2.41. The number of carbonyl (C=O) groups excluding carboxylic acids is 1. The van der Waals surface area contributed by atoms with Crippen molar-refractivity contribution in [3.8, 4) is 11.8 Å². The second kappa shape index (κ2) is 5.94. The van der Waals surface area contributed by atoms with Crippen LogP contribution in [-0.2, 0) is 4.79 Å². The molecular formula is C16H21N3O5. The van der Waals surface area contributed by atoms with E-state index < -0.39 is 11.4 Å². The Morgan fingerprint density at radius 1 is 1.25 bits per heavy atom. The number of hydrogen-bond donors (Lipinski definition) is 1. The standard InChI is InChI=1S/C16H21N3O5/c1-18-6-10-7-19(9-16(10,8-18)15(21)22)14(20)11-4-5-12(23-2)17-13(11)24-3/h4-5,10H,6-9H2,1-3H3,(H,21,22)/t10-,16-/m1/s1. The Bertz CT molecular complexity index is 680. The average molecular weight is 335 g/mol. The maximum absolute atomic E-state index is 12.9. The van der Waals surface area contributed by atoms with Crippen molar-refractivity contribution in [2.24, 2.45) is 11.3 Å². The van der Waals surface area contributed by atoms with E-state index in [-0.39, 0.29) is 24.2 Å². The van der Waals surface area contributed by atoms with Gasteiger partial charge in [0.1, 0.15) is 11.0 Å². The van der Waals surface area contributed by atoms with Gasteiger partial charge in [0.25, 0.3) is 5.91 Å². The topological polar surface area (TPSA) is 92.2 Å². The van der Waals surface area contributed by atoms with E-state index in [9.17, 15) is 14.7 Å². The van der Waals surface area contributed by atoms with Gasteiger partial charge in [-0.1, -0.05) is 0 Å². The maximum Gasteiger partial charge on any atom is 0.313 e. The summed E-state index contributed by atoms with van der Waals surface area (Å²) in [5, 5.41) is 9.71. The molecule has 1 amide bonds. The van der Waals surface area contributed by atoms with Gasteiger partial charge in [0.2, 0.25) is 11.8 Å². The molecule has 2 aliphatic heterocycles. The van der Waals surface area contributed by atoms with Crippen LogP contribution in [0.3, 0.4) is 0 Å². The monoisotopic (exact) mass is 335 g/mol. The Balaban J connectivity index is 1.86. The van der Waals surface area contributed by atoms with Crippen LogP contribution in [0.15, 0.2) is 12.1 Å². The Hall–Kier alpha value is -2.35. The minimum Gasteiger partial charge on any atom is -0.481 e. The van der Waals surface area contributed by atoms with Crippen LogP contribution in [0.1, 0.15) is 10.4 Å². The van der Waals surface area contributed by atoms with E-state index in [1.165, 1.54) is 14.2 Å². The molecule has 8 heteroatoms. The quantitative estimate of drug-likeness (QED) is 0.839. The predicted octanol–water partition coefficient (Wildman–Crippen LogP) is 0.187. The Morgan fingerprint density at radius 3 is 2.58 bits per heavy atom. The number of fused-ring (bicyclic) bond motifs is 1. The van der Waals surface area contributed by atoms with Gasteiger partial charge in [-0.25, -0.2) is 0 Å². The molecule has 8 nitrogen and oxygen atoms in total. The lowest BCUT2D eigenvalue weighted by molar-refractivity contribution is -0.148. The summed E-state index contributed by atoms with van der Waals surface area (Å²) < 4.78 is 10.2. The molecule has 0 unspecified atom stereocenters. The molecule has 0 aromatic carbocycles. The number of hydrogen-bond acceptors (Lipinski definition) is 6. The highest BCUT2D eigenvalue weighted by Crippen LogP contribution is 2.43. The van der Waals surface area contributed by atoms with Crippen LogP contribution in [-0.4, -0.2) is 79.2 Å². The van der Waals surface area contributed by atoms with Gasteiger partial charge in [0.05, 0.1) is 14.2 Å². The molecule has 24 heavy (non-hydrogen) atoms. The van der Waals surface area contributed by atoms with Crippen molar-refractivity contribution in [3.05, 3.63) is 17.7 Å². The zero-order chi connectivity index (χ0) is 17.5. The number of methoxy groups -OCH3 is 2. The largest absolute Gasteiger partial charge is 0.481 e. The summed E-state index contributed by atoms with van der Waals surface area (Å²) in [5.74, 6) is -0.643. The molecule has 0 radical (unpaired) electrons. The first-order valence-corrected chi connectivity index (χ1v) is 7.71. The molecule has 0 spiro atoms. The Kier molecular flexibility index (Phi) is 4.08. The molecule has 2 aliphatic rings. The molecule has 0 saturated carbocycles. The van der Waals surface area contributed by atoms with Crippen molar-refractivity contribution in [1.82, 2.24) is 14.8 Å². The number of aromatic nitrogens is 1. The lowest BCUT2D eigenvalue weighted by Gasteiger charge is -2.24. The van der Waals surface area contributed by atoms with Crippen LogP contribution >= 0.6 is 0 Å². The van der Waals surface area contributed by atoms with Crippen LogP contribution < -0.4 is 9.47 Å². The van der Waals surface area contributed by atoms with E-state index in [0.717, 1.165) is 0 Å². The summed E-state index contributed by atoms with van der Waals surface area (Å²) in [6.45, 7) is 1.75. The third kappa shape index (κ3) is 2.47. The van der Waals surface area contributed by atoms with Gasteiger partial charge in [-0.05, 0) is 13.1 Å². The van der Waals surface area contributed by atoms with Crippen LogP contribution in [0.4, 0.5) is 0 Å². The van der Waals surface area contributed by atoms with Gasteiger partial charge in [0, 0.05) is 38.2 Å². The highest BCUT2D eigenvalue weighted by atomic mass is 16.5. The van der Waals surface area contributed by atoms with Crippen LogP contribution in [0.5, 0.6) is 11.8 Å². The number of likely N-dealkylation sites (tertiary alicyclic amines) is 2. The highest BCUT2D eigenvalue weighted by molar-refractivity contribution is 5.97. The van der Waals surface area contributed by atoms with E-state index in [1.54, 1.807) is 17.0 Å². The van der Waals surface area contributed by atoms with E-state index >= 15 is 0 Å². The van der Waals surface area contributed by atoms with Gasteiger partial charge in [0.15, 0.2) is 0 Å². The zero-order valence-electron chi connectivity index (χ0n) is 14.0. The Morgan fingerprint density at radius 2 is 2.00 bits per heavy atom. The first-order chi connectivity index (χ1) is 11.4. The van der Waals surface area contributed by atoms with Crippen molar-refractivity contribution >= 4 is 11.9 Å².